The van der Waals surface area contributed by atoms with E-state index in [0.29, 0.717) is 16.9 Å². The Morgan fingerprint density at radius 2 is 2.00 bits per heavy atom. The molecule has 21 heavy (non-hydrogen) atoms. The first-order valence-corrected chi connectivity index (χ1v) is 6.12. The fourth-order valence-electron chi connectivity index (χ4n) is 1.81. The summed E-state index contributed by atoms with van der Waals surface area (Å²) >= 11 is 0. The molecule has 0 unspecified atom stereocenters. The fourth-order valence-corrected chi connectivity index (χ4v) is 1.81. The maximum atomic E-state index is 13.1. The molecule has 0 bridgehead atoms. The van der Waals surface area contributed by atoms with Gasteiger partial charge in [0.05, 0.1) is 11.4 Å². The van der Waals surface area contributed by atoms with Crippen molar-refractivity contribution in [1.82, 2.24) is 15.2 Å². The standard InChI is InChI=1S/C14H10FN5O/c15-10-4-1-5-11(7-10)17-19-13-12(18-20-14(13)21)9-3-2-6-16-8-9/h1-8H,(H2,18,20,21). The van der Waals surface area contributed by atoms with E-state index in [4.69, 9.17) is 0 Å². The number of hydrogen-bond acceptors (Lipinski definition) is 4. The monoisotopic (exact) mass is 283 g/mol. The van der Waals surface area contributed by atoms with Crippen LogP contribution in [0.15, 0.2) is 63.8 Å². The van der Waals surface area contributed by atoms with Gasteiger partial charge < -0.3 is 0 Å². The Labute approximate surface area is 118 Å². The molecular formula is C14H10FN5O. The molecule has 7 heteroatoms. The molecule has 1 aromatic carbocycles. The van der Waals surface area contributed by atoms with Gasteiger partial charge in [0.15, 0.2) is 5.69 Å². The highest BCUT2D eigenvalue weighted by atomic mass is 19.1. The van der Waals surface area contributed by atoms with Crippen molar-refractivity contribution in [2.45, 2.75) is 0 Å². The zero-order valence-corrected chi connectivity index (χ0v) is 10.7. The number of pyridine rings is 1. The van der Waals surface area contributed by atoms with E-state index in [1.54, 1.807) is 30.6 Å². The Kier molecular flexibility index (Phi) is 3.38. The zero-order valence-electron chi connectivity index (χ0n) is 10.7. The number of halogens is 1. The molecule has 0 aliphatic heterocycles. The number of hydrogen-bond donors (Lipinski definition) is 2. The van der Waals surface area contributed by atoms with Gasteiger partial charge in [-0.3, -0.25) is 20.0 Å². The van der Waals surface area contributed by atoms with Gasteiger partial charge in [-0.1, -0.05) is 6.07 Å². The highest BCUT2D eigenvalue weighted by Gasteiger charge is 2.11. The summed E-state index contributed by atoms with van der Waals surface area (Å²) in [5.74, 6) is -0.415. The summed E-state index contributed by atoms with van der Waals surface area (Å²) in [4.78, 5) is 15.8. The molecular weight excluding hydrogens is 273 g/mol. The van der Waals surface area contributed by atoms with Crippen molar-refractivity contribution in [3.05, 3.63) is 65.0 Å². The van der Waals surface area contributed by atoms with Gasteiger partial charge in [0.1, 0.15) is 5.82 Å². The second-order valence-corrected chi connectivity index (χ2v) is 4.22. The van der Waals surface area contributed by atoms with E-state index in [1.165, 1.54) is 18.2 Å². The van der Waals surface area contributed by atoms with Gasteiger partial charge in [0, 0.05) is 24.0 Å². The van der Waals surface area contributed by atoms with Crippen LogP contribution < -0.4 is 5.56 Å². The highest BCUT2D eigenvalue weighted by Crippen LogP contribution is 2.25. The number of H-pyrrole nitrogens is 2. The van der Waals surface area contributed by atoms with Crippen molar-refractivity contribution in [3.63, 3.8) is 0 Å². The van der Waals surface area contributed by atoms with Crippen molar-refractivity contribution in [1.29, 1.82) is 0 Å². The average molecular weight is 283 g/mol. The number of aromatic amines is 2. The van der Waals surface area contributed by atoms with E-state index >= 15 is 0 Å². The van der Waals surface area contributed by atoms with E-state index in [-0.39, 0.29) is 5.69 Å². The molecule has 0 aliphatic rings. The minimum absolute atomic E-state index is 0.118. The Hall–Kier alpha value is -3.09. The van der Waals surface area contributed by atoms with Gasteiger partial charge in [0.2, 0.25) is 0 Å². The van der Waals surface area contributed by atoms with Crippen molar-refractivity contribution in [2.75, 3.05) is 0 Å². The lowest BCUT2D eigenvalue weighted by atomic mass is 10.2. The Balaban J connectivity index is 2.00. The maximum Gasteiger partial charge on any atom is 0.292 e. The third-order valence-electron chi connectivity index (χ3n) is 2.78. The molecule has 0 atom stereocenters. The molecule has 0 amide bonds. The van der Waals surface area contributed by atoms with E-state index < -0.39 is 11.4 Å². The Morgan fingerprint density at radius 3 is 2.76 bits per heavy atom. The summed E-state index contributed by atoms with van der Waals surface area (Å²) in [5, 5.41) is 13.0. The second kappa shape index (κ2) is 5.49. The molecule has 0 spiro atoms. The SMILES string of the molecule is O=c1[nH][nH]c(-c2cccnc2)c1N=Nc1cccc(F)c1. The molecule has 6 nitrogen and oxygen atoms in total. The summed E-state index contributed by atoms with van der Waals surface area (Å²) in [6.07, 6.45) is 3.22. The van der Waals surface area contributed by atoms with Crippen molar-refractivity contribution >= 4 is 11.4 Å². The normalized spacial score (nSPS) is 11.1. The minimum Gasteiger partial charge on any atom is -0.295 e. The van der Waals surface area contributed by atoms with Gasteiger partial charge >= 0.3 is 0 Å². The van der Waals surface area contributed by atoms with E-state index in [9.17, 15) is 9.18 Å². The first-order valence-electron chi connectivity index (χ1n) is 6.12. The molecule has 0 saturated carbocycles. The van der Waals surface area contributed by atoms with Gasteiger partial charge in [-0.05, 0) is 24.3 Å². The number of nitrogens with zero attached hydrogens (tertiary/aromatic N) is 3. The maximum absolute atomic E-state index is 13.1. The third kappa shape index (κ3) is 2.76. The number of aromatic nitrogens is 3. The summed E-state index contributed by atoms with van der Waals surface area (Å²) in [7, 11) is 0. The molecule has 0 saturated heterocycles. The van der Waals surface area contributed by atoms with Crippen LogP contribution in [0, 0.1) is 5.82 Å². The largest absolute Gasteiger partial charge is 0.295 e. The predicted octanol–water partition coefficient (Wildman–Crippen LogP) is 3.32. The Morgan fingerprint density at radius 1 is 1.10 bits per heavy atom. The first kappa shape index (κ1) is 12.9. The number of rotatable bonds is 3. The van der Waals surface area contributed by atoms with Crippen LogP contribution in [0.1, 0.15) is 0 Å². The molecule has 2 aromatic heterocycles. The van der Waals surface area contributed by atoms with Gasteiger partial charge in [-0.2, -0.15) is 5.11 Å². The number of azo groups is 1. The third-order valence-corrected chi connectivity index (χ3v) is 2.78. The van der Waals surface area contributed by atoms with Gasteiger partial charge in [0.25, 0.3) is 5.56 Å². The van der Waals surface area contributed by atoms with Gasteiger partial charge in [-0.25, -0.2) is 4.39 Å². The van der Waals surface area contributed by atoms with Gasteiger partial charge in [-0.15, -0.1) is 5.11 Å². The molecule has 0 aliphatic carbocycles. The topological polar surface area (TPSA) is 86.3 Å². The van der Waals surface area contributed by atoms with Crippen LogP contribution in [0.3, 0.4) is 0 Å². The van der Waals surface area contributed by atoms with Crippen LogP contribution >= 0.6 is 0 Å². The number of benzene rings is 1. The lowest BCUT2D eigenvalue weighted by molar-refractivity contribution is 0.628. The van der Waals surface area contributed by atoms with E-state index in [0.717, 1.165) is 0 Å². The first-order chi connectivity index (χ1) is 10.2. The van der Waals surface area contributed by atoms with Crippen LogP contribution in [0.5, 0.6) is 0 Å². The zero-order chi connectivity index (χ0) is 14.7. The average Bonchev–Trinajstić information content (AvgIpc) is 2.87. The van der Waals surface area contributed by atoms with Crippen LogP contribution in [0.25, 0.3) is 11.3 Å². The Bertz CT molecular complexity index is 838. The quantitative estimate of drug-likeness (QED) is 0.722. The minimum atomic E-state index is -0.415. The smallest absolute Gasteiger partial charge is 0.292 e. The van der Waals surface area contributed by atoms with Crippen LogP contribution in [0.4, 0.5) is 15.8 Å². The molecule has 2 N–H and O–H groups in total. The van der Waals surface area contributed by atoms with Crippen molar-refractivity contribution < 1.29 is 4.39 Å². The lowest BCUT2D eigenvalue weighted by Gasteiger charge is -1.97. The second-order valence-electron chi connectivity index (χ2n) is 4.22. The number of nitrogens with one attached hydrogen (secondary N) is 2. The molecule has 0 fully saturated rings. The van der Waals surface area contributed by atoms with Crippen LogP contribution in [-0.4, -0.2) is 15.2 Å². The molecule has 3 aromatic rings. The molecule has 104 valence electrons. The molecule has 3 rings (SSSR count). The van der Waals surface area contributed by atoms with Crippen LogP contribution in [-0.2, 0) is 0 Å². The summed E-state index contributed by atoms with van der Waals surface area (Å²) in [6, 6.07) is 9.18. The molecule has 0 radical (unpaired) electrons. The summed E-state index contributed by atoms with van der Waals surface area (Å²) in [6.45, 7) is 0. The van der Waals surface area contributed by atoms with Crippen LogP contribution in [0.2, 0.25) is 0 Å². The summed E-state index contributed by atoms with van der Waals surface area (Å²) < 4.78 is 13.1. The van der Waals surface area contributed by atoms with Crippen molar-refractivity contribution in [2.24, 2.45) is 10.2 Å². The molecule has 2 heterocycles. The van der Waals surface area contributed by atoms with Crippen molar-refractivity contribution in [3.8, 4) is 11.3 Å². The fraction of sp³-hybridized carbons (Fsp3) is 0. The van der Waals surface area contributed by atoms with E-state index in [2.05, 4.69) is 25.4 Å². The summed E-state index contributed by atoms with van der Waals surface area (Å²) in [5.41, 5.74) is 1.21. The predicted molar refractivity (Wildman–Crippen MR) is 75.2 cm³/mol. The van der Waals surface area contributed by atoms with E-state index in [1.807, 2.05) is 0 Å². The lowest BCUT2D eigenvalue weighted by Crippen LogP contribution is -1.96. The highest BCUT2D eigenvalue weighted by molar-refractivity contribution is 5.70.